The van der Waals surface area contributed by atoms with Gasteiger partial charge in [0.05, 0.1) is 12.6 Å². The highest BCUT2D eigenvalue weighted by molar-refractivity contribution is 5.92. The zero-order valence-corrected chi connectivity index (χ0v) is 12.9. The molecule has 7 heteroatoms. The van der Waals surface area contributed by atoms with Gasteiger partial charge in [0.1, 0.15) is 11.6 Å². The second-order valence-corrected chi connectivity index (χ2v) is 6.41. The predicted octanol–water partition coefficient (Wildman–Crippen LogP) is 1.88. The van der Waals surface area contributed by atoms with E-state index in [1.54, 1.807) is 0 Å². The fraction of sp³-hybridized carbons (Fsp3) is 0.600. The zero-order valence-electron chi connectivity index (χ0n) is 12.9. The van der Waals surface area contributed by atoms with Crippen LogP contribution in [0.15, 0.2) is 12.4 Å². The number of carbonyl (C=O) groups is 1. The maximum atomic E-state index is 11.9. The summed E-state index contributed by atoms with van der Waals surface area (Å²) in [6.45, 7) is 4.94. The van der Waals surface area contributed by atoms with Gasteiger partial charge >= 0.3 is 0 Å². The van der Waals surface area contributed by atoms with Gasteiger partial charge in [-0.05, 0) is 26.2 Å². The molecule has 1 N–H and O–H groups in total. The van der Waals surface area contributed by atoms with E-state index in [2.05, 4.69) is 31.9 Å². The molecule has 2 aromatic rings. The Balaban J connectivity index is 1.56. The van der Waals surface area contributed by atoms with E-state index in [1.807, 2.05) is 24.0 Å². The molecule has 1 saturated carbocycles. The van der Waals surface area contributed by atoms with E-state index in [-0.39, 0.29) is 11.8 Å². The van der Waals surface area contributed by atoms with Crippen molar-refractivity contribution in [3.05, 3.63) is 24.0 Å². The highest BCUT2D eigenvalue weighted by Gasteiger charge is 2.32. The molecule has 116 valence electrons. The summed E-state index contributed by atoms with van der Waals surface area (Å²) in [6, 6.07) is 0.332. The topological polar surface area (TPSA) is 77.6 Å². The molecule has 2 aliphatic rings. The molecular weight excluding hydrogens is 280 g/mol. The van der Waals surface area contributed by atoms with E-state index in [4.69, 9.17) is 0 Å². The molecule has 0 aromatic carbocycles. The summed E-state index contributed by atoms with van der Waals surface area (Å²) in [5, 5.41) is 7.32. The molecule has 0 spiro atoms. The minimum atomic E-state index is 0.0533. The third-order valence-electron chi connectivity index (χ3n) is 4.59. The van der Waals surface area contributed by atoms with Crippen molar-refractivity contribution in [3.8, 4) is 0 Å². The number of imidazole rings is 1. The average molecular weight is 300 g/mol. The third-order valence-corrected chi connectivity index (χ3v) is 4.59. The van der Waals surface area contributed by atoms with E-state index < -0.39 is 0 Å². The lowest BCUT2D eigenvalue weighted by Crippen LogP contribution is -2.26. The van der Waals surface area contributed by atoms with Crippen LogP contribution in [0.4, 0.5) is 5.95 Å². The van der Waals surface area contributed by atoms with E-state index >= 15 is 0 Å². The Morgan fingerprint density at radius 3 is 2.91 bits per heavy atom. The SMILES string of the molecule is Cc1nccn1C1CC(C)c2nc(NC(=O)C3CC3)nn2C1. The number of nitrogens with zero attached hydrogens (tertiary/aromatic N) is 5. The molecule has 0 saturated heterocycles. The van der Waals surface area contributed by atoms with Crippen LogP contribution in [0.25, 0.3) is 0 Å². The first-order valence-electron chi connectivity index (χ1n) is 7.87. The summed E-state index contributed by atoms with van der Waals surface area (Å²) in [5.41, 5.74) is 0. The Bertz CT molecular complexity index is 713. The van der Waals surface area contributed by atoms with E-state index in [9.17, 15) is 4.79 Å². The first kappa shape index (κ1) is 13.5. The number of aryl methyl sites for hydroxylation is 1. The fourth-order valence-electron chi connectivity index (χ4n) is 3.23. The predicted molar refractivity (Wildman–Crippen MR) is 80.4 cm³/mol. The Morgan fingerprint density at radius 1 is 1.41 bits per heavy atom. The standard InChI is InChI=1S/C15H20N6O/c1-9-7-12(20-6-5-16-10(20)2)8-21-13(9)17-15(19-21)18-14(22)11-3-4-11/h5-6,9,11-12H,3-4,7-8H2,1-2H3,(H,18,19,22). The highest BCUT2D eigenvalue weighted by Crippen LogP contribution is 2.34. The van der Waals surface area contributed by atoms with Gasteiger partial charge in [0.25, 0.3) is 0 Å². The maximum absolute atomic E-state index is 11.9. The number of anilines is 1. The Hall–Kier alpha value is -2.18. The minimum Gasteiger partial charge on any atom is -0.330 e. The van der Waals surface area contributed by atoms with Crippen molar-refractivity contribution in [2.24, 2.45) is 5.92 Å². The smallest absolute Gasteiger partial charge is 0.248 e. The van der Waals surface area contributed by atoms with Crippen LogP contribution in [0, 0.1) is 12.8 Å². The van der Waals surface area contributed by atoms with Gasteiger partial charge in [0.2, 0.25) is 11.9 Å². The van der Waals surface area contributed by atoms with Gasteiger partial charge in [0, 0.05) is 24.2 Å². The van der Waals surface area contributed by atoms with Crippen molar-refractivity contribution in [2.75, 3.05) is 5.32 Å². The molecule has 1 fully saturated rings. The first-order valence-corrected chi connectivity index (χ1v) is 7.87. The summed E-state index contributed by atoms with van der Waals surface area (Å²) < 4.78 is 4.13. The van der Waals surface area contributed by atoms with Crippen LogP contribution in [0.5, 0.6) is 0 Å². The number of rotatable bonds is 3. The van der Waals surface area contributed by atoms with Gasteiger partial charge < -0.3 is 4.57 Å². The second kappa shape index (κ2) is 4.93. The molecule has 3 heterocycles. The average Bonchev–Trinajstić information content (AvgIpc) is 3.12. The summed E-state index contributed by atoms with van der Waals surface area (Å²) in [6.07, 6.45) is 6.82. The van der Waals surface area contributed by atoms with Gasteiger partial charge in [-0.2, -0.15) is 4.98 Å². The molecule has 2 aromatic heterocycles. The lowest BCUT2D eigenvalue weighted by atomic mass is 9.97. The van der Waals surface area contributed by atoms with Gasteiger partial charge in [-0.15, -0.1) is 5.10 Å². The number of hydrogen-bond acceptors (Lipinski definition) is 4. The Kier molecular flexibility index (Phi) is 3.02. The number of carbonyl (C=O) groups excluding carboxylic acids is 1. The van der Waals surface area contributed by atoms with Gasteiger partial charge in [-0.1, -0.05) is 6.92 Å². The Labute approximate surface area is 128 Å². The van der Waals surface area contributed by atoms with Crippen LogP contribution >= 0.6 is 0 Å². The summed E-state index contributed by atoms with van der Waals surface area (Å²) in [7, 11) is 0. The van der Waals surface area contributed by atoms with Crippen LogP contribution < -0.4 is 5.32 Å². The number of amides is 1. The van der Waals surface area contributed by atoms with Crippen molar-refractivity contribution < 1.29 is 4.79 Å². The summed E-state index contributed by atoms with van der Waals surface area (Å²) in [4.78, 5) is 20.7. The fourth-order valence-corrected chi connectivity index (χ4v) is 3.23. The number of hydrogen-bond donors (Lipinski definition) is 1. The maximum Gasteiger partial charge on any atom is 0.248 e. The van der Waals surface area contributed by atoms with Crippen LogP contribution in [-0.2, 0) is 11.3 Å². The van der Waals surface area contributed by atoms with Crippen molar-refractivity contribution in [2.45, 2.75) is 51.6 Å². The molecule has 1 aliphatic carbocycles. The molecule has 1 aliphatic heterocycles. The molecular formula is C15H20N6O. The number of nitrogens with one attached hydrogen (secondary N) is 1. The molecule has 1 amide bonds. The lowest BCUT2D eigenvalue weighted by Gasteiger charge is -2.28. The molecule has 2 unspecified atom stereocenters. The Morgan fingerprint density at radius 2 is 2.23 bits per heavy atom. The van der Waals surface area contributed by atoms with Crippen LogP contribution in [0.1, 0.15) is 49.8 Å². The lowest BCUT2D eigenvalue weighted by molar-refractivity contribution is -0.117. The normalized spacial score (nSPS) is 24.1. The van der Waals surface area contributed by atoms with Crippen LogP contribution in [0.3, 0.4) is 0 Å². The monoisotopic (exact) mass is 300 g/mol. The largest absolute Gasteiger partial charge is 0.330 e. The second-order valence-electron chi connectivity index (χ2n) is 6.41. The van der Waals surface area contributed by atoms with Crippen molar-refractivity contribution in [3.63, 3.8) is 0 Å². The van der Waals surface area contributed by atoms with Crippen LogP contribution in [-0.4, -0.2) is 30.2 Å². The van der Waals surface area contributed by atoms with Crippen molar-refractivity contribution in [1.82, 2.24) is 24.3 Å². The molecule has 4 rings (SSSR count). The third kappa shape index (κ3) is 2.30. The molecule has 7 nitrogen and oxygen atoms in total. The number of fused-ring (bicyclic) bond motifs is 1. The highest BCUT2D eigenvalue weighted by atomic mass is 16.2. The van der Waals surface area contributed by atoms with Crippen LogP contribution in [0.2, 0.25) is 0 Å². The summed E-state index contributed by atoms with van der Waals surface area (Å²) >= 11 is 0. The molecule has 22 heavy (non-hydrogen) atoms. The van der Waals surface area contributed by atoms with Gasteiger partial charge in [0.15, 0.2) is 0 Å². The van der Waals surface area contributed by atoms with Gasteiger partial charge in [-0.3, -0.25) is 10.1 Å². The first-order chi connectivity index (χ1) is 10.6. The number of aromatic nitrogens is 5. The minimum absolute atomic E-state index is 0.0533. The molecule has 0 bridgehead atoms. The molecule has 0 radical (unpaired) electrons. The zero-order chi connectivity index (χ0) is 15.3. The van der Waals surface area contributed by atoms with E-state index in [0.717, 1.165) is 37.5 Å². The van der Waals surface area contributed by atoms with E-state index in [1.165, 1.54) is 0 Å². The quantitative estimate of drug-likeness (QED) is 0.939. The van der Waals surface area contributed by atoms with Crippen molar-refractivity contribution in [1.29, 1.82) is 0 Å². The summed E-state index contributed by atoms with van der Waals surface area (Å²) in [5.74, 6) is 2.95. The van der Waals surface area contributed by atoms with E-state index in [0.29, 0.717) is 17.9 Å². The van der Waals surface area contributed by atoms with Gasteiger partial charge in [-0.25, -0.2) is 9.67 Å². The molecule has 2 atom stereocenters. The van der Waals surface area contributed by atoms with Crippen molar-refractivity contribution >= 4 is 11.9 Å².